The highest BCUT2D eigenvalue weighted by Gasteiger charge is 2.36. The van der Waals surface area contributed by atoms with Gasteiger partial charge in [-0.3, -0.25) is 23.6 Å². The Hall–Kier alpha value is -6.26. The van der Waals surface area contributed by atoms with E-state index in [1.165, 1.54) is 6.92 Å². The van der Waals surface area contributed by atoms with E-state index in [4.69, 9.17) is 5.73 Å². The third kappa shape index (κ3) is 5.57. The second-order valence-electron chi connectivity index (χ2n) is 12.2. The zero-order chi connectivity index (χ0) is 34.4. The number of rotatable bonds is 6. The molecule has 2 atom stereocenters. The standard InChI is InChI=1S/C36H33N9O4/c1-21(40-34(47)30-32(37)41-44-16-8-15-38-33(30)44)28-17-24-10-7-9-23(29(24)36(49)45(28)27-11-5-4-6-12-27)13-14-25-18-39-42(3)31(25)26-19-43(20-26)35(48)22(2)46/h4-12,15-18,21-22,26,46H,19-20H2,1-3H3,(H3,37,40,41,47)/p+1. The molecule has 2 aromatic carbocycles. The number of aromatic nitrogens is 6. The third-order valence-corrected chi connectivity index (χ3v) is 8.84. The molecule has 0 aliphatic carbocycles. The number of amides is 2. The summed E-state index contributed by atoms with van der Waals surface area (Å²) in [4.78, 5) is 46.2. The van der Waals surface area contributed by atoms with Crippen LogP contribution in [0.25, 0.3) is 22.1 Å². The van der Waals surface area contributed by atoms with E-state index in [2.05, 4.69) is 32.3 Å². The number of carbonyl (C=O) groups is 2. The highest BCUT2D eigenvalue weighted by Crippen LogP contribution is 2.30. The van der Waals surface area contributed by atoms with Crippen LogP contribution in [0.15, 0.2) is 84.0 Å². The summed E-state index contributed by atoms with van der Waals surface area (Å²) in [5.74, 6) is 5.91. The molecule has 49 heavy (non-hydrogen) atoms. The van der Waals surface area contributed by atoms with Crippen LogP contribution in [-0.2, 0) is 11.8 Å². The van der Waals surface area contributed by atoms with Crippen molar-refractivity contribution >= 4 is 34.1 Å². The number of fused-ring (bicyclic) bond motifs is 2. The van der Waals surface area contributed by atoms with Gasteiger partial charge in [0, 0.05) is 49.1 Å². The first-order valence-electron chi connectivity index (χ1n) is 15.8. The number of nitrogens with zero attached hydrogens (tertiary/aromatic N) is 6. The Morgan fingerprint density at radius 1 is 1.08 bits per heavy atom. The van der Waals surface area contributed by atoms with E-state index >= 15 is 0 Å². The van der Waals surface area contributed by atoms with Gasteiger partial charge in [-0.25, -0.2) is 5.10 Å². The van der Waals surface area contributed by atoms with Crippen molar-refractivity contribution in [2.75, 3.05) is 18.8 Å². The van der Waals surface area contributed by atoms with Crippen LogP contribution in [0.4, 0.5) is 5.82 Å². The summed E-state index contributed by atoms with van der Waals surface area (Å²) < 4.78 is 4.92. The highest BCUT2D eigenvalue weighted by molar-refractivity contribution is 6.03. The molecule has 1 fully saturated rings. The smallest absolute Gasteiger partial charge is 0.362 e. The Bertz CT molecular complexity index is 2370. The maximum absolute atomic E-state index is 14.5. The molecule has 4 aromatic heterocycles. The fraction of sp³-hybridized carbons (Fsp3) is 0.222. The van der Waals surface area contributed by atoms with E-state index in [0.29, 0.717) is 52.0 Å². The number of aliphatic hydroxyl groups is 1. The van der Waals surface area contributed by atoms with Crippen molar-refractivity contribution in [3.63, 3.8) is 0 Å². The van der Waals surface area contributed by atoms with E-state index in [1.54, 1.807) is 43.3 Å². The van der Waals surface area contributed by atoms with Crippen molar-refractivity contribution < 1.29 is 19.2 Å². The van der Waals surface area contributed by atoms with E-state index in [-0.39, 0.29) is 28.8 Å². The number of anilines is 1. The maximum Gasteiger partial charge on any atom is 0.362 e. The van der Waals surface area contributed by atoms with Crippen LogP contribution in [0.3, 0.4) is 0 Å². The van der Waals surface area contributed by atoms with E-state index in [1.807, 2.05) is 68.6 Å². The molecule has 5 N–H and O–H groups in total. The minimum atomic E-state index is -1.05. The molecule has 2 amide bonds. The second-order valence-corrected chi connectivity index (χ2v) is 12.2. The number of aliphatic hydroxyl groups excluding tert-OH is 1. The number of pyridine rings is 1. The van der Waals surface area contributed by atoms with Crippen LogP contribution in [0.2, 0.25) is 0 Å². The van der Waals surface area contributed by atoms with Gasteiger partial charge >= 0.3 is 5.65 Å². The fourth-order valence-corrected chi connectivity index (χ4v) is 6.43. The van der Waals surface area contributed by atoms with Crippen LogP contribution in [0.1, 0.15) is 58.7 Å². The van der Waals surface area contributed by atoms with E-state index in [9.17, 15) is 19.5 Å². The summed E-state index contributed by atoms with van der Waals surface area (Å²) in [6.07, 6.45) is 3.93. The first kappa shape index (κ1) is 31.3. The number of aromatic amines is 1. The summed E-state index contributed by atoms with van der Waals surface area (Å²) >= 11 is 0. The lowest BCUT2D eigenvalue weighted by Crippen LogP contribution is -2.52. The number of nitrogen functional groups attached to an aromatic ring is 1. The van der Waals surface area contributed by atoms with Crippen LogP contribution in [0.5, 0.6) is 0 Å². The molecule has 5 heterocycles. The number of H-pyrrole nitrogens is 1. The average Bonchev–Trinajstić information content (AvgIpc) is 3.61. The molecule has 13 nitrogen and oxygen atoms in total. The van der Waals surface area contributed by atoms with Crippen molar-refractivity contribution in [2.24, 2.45) is 7.05 Å². The quantitative estimate of drug-likeness (QED) is 0.157. The summed E-state index contributed by atoms with van der Waals surface area (Å²) in [6, 6.07) is 17.7. The lowest BCUT2D eigenvalue weighted by atomic mass is 9.93. The normalized spacial score (nSPS) is 14.2. The number of nitrogens with one attached hydrogen (secondary N) is 2. The molecule has 13 heteroatoms. The predicted molar refractivity (Wildman–Crippen MR) is 182 cm³/mol. The lowest BCUT2D eigenvalue weighted by Gasteiger charge is -2.40. The Morgan fingerprint density at radius 3 is 2.59 bits per heavy atom. The van der Waals surface area contributed by atoms with Gasteiger partial charge in [0.2, 0.25) is 0 Å². The maximum atomic E-state index is 14.5. The van der Waals surface area contributed by atoms with Gasteiger partial charge in [0.1, 0.15) is 18.5 Å². The molecule has 2 unspecified atom stereocenters. The van der Waals surface area contributed by atoms with Gasteiger partial charge in [0.25, 0.3) is 17.4 Å². The van der Waals surface area contributed by atoms with E-state index in [0.717, 1.165) is 5.69 Å². The van der Waals surface area contributed by atoms with Gasteiger partial charge in [-0.05, 0) is 48.5 Å². The highest BCUT2D eigenvalue weighted by atomic mass is 16.3. The first-order valence-corrected chi connectivity index (χ1v) is 15.8. The Balaban J connectivity index is 1.27. The zero-order valence-corrected chi connectivity index (χ0v) is 27.1. The molecule has 0 radical (unpaired) electrons. The molecule has 0 saturated carbocycles. The van der Waals surface area contributed by atoms with E-state index < -0.39 is 18.1 Å². The summed E-state index contributed by atoms with van der Waals surface area (Å²) in [5, 5.41) is 21.1. The molecule has 246 valence electrons. The second kappa shape index (κ2) is 12.4. The van der Waals surface area contributed by atoms with Gasteiger partial charge in [0.05, 0.1) is 28.9 Å². The molecule has 6 aromatic rings. The van der Waals surface area contributed by atoms with Crippen molar-refractivity contribution in [1.29, 1.82) is 0 Å². The molecule has 0 spiro atoms. The number of nitrogens with two attached hydrogens (primary N) is 1. The molecule has 1 aliphatic rings. The molecular weight excluding hydrogens is 622 g/mol. The average molecular weight is 657 g/mol. The van der Waals surface area contributed by atoms with Gasteiger partial charge in [-0.2, -0.15) is 5.10 Å². The molecule has 1 aliphatic heterocycles. The van der Waals surface area contributed by atoms with Gasteiger partial charge in [-0.1, -0.05) is 42.2 Å². The number of hydrogen-bond donors (Lipinski definition) is 4. The van der Waals surface area contributed by atoms with Gasteiger partial charge in [0.15, 0.2) is 11.4 Å². The number of hydrogen-bond acceptors (Lipinski definition) is 7. The summed E-state index contributed by atoms with van der Waals surface area (Å²) in [6.45, 7) is 4.21. The molecule has 0 bridgehead atoms. The number of aryl methyl sites for hydroxylation is 1. The summed E-state index contributed by atoms with van der Waals surface area (Å²) in [5.41, 5.74) is 9.80. The fourth-order valence-electron chi connectivity index (χ4n) is 6.43. The van der Waals surface area contributed by atoms with Crippen molar-refractivity contribution in [1.82, 2.24) is 34.6 Å². The van der Waals surface area contributed by atoms with Gasteiger partial charge in [-0.15, -0.1) is 4.52 Å². The minimum absolute atomic E-state index is 0.0237. The van der Waals surface area contributed by atoms with Crippen molar-refractivity contribution in [3.8, 4) is 17.5 Å². The Morgan fingerprint density at radius 2 is 1.84 bits per heavy atom. The van der Waals surface area contributed by atoms with Crippen LogP contribution < -0.4 is 21.1 Å². The van der Waals surface area contributed by atoms with Crippen molar-refractivity contribution in [3.05, 3.63) is 118 Å². The Kier molecular flexibility index (Phi) is 7.93. The molecule has 1 saturated heterocycles. The molecular formula is C36H34N9O4+. The zero-order valence-electron chi connectivity index (χ0n) is 27.1. The van der Waals surface area contributed by atoms with Crippen LogP contribution >= 0.6 is 0 Å². The lowest BCUT2D eigenvalue weighted by molar-refractivity contribution is -0.577. The number of likely N-dealkylation sites (tertiary alicyclic amines) is 1. The van der Waals surface area contributed by atoms with Crippen LogP contribution in [-0.4, -0.2) is 65.4 Å². The minimum Gasteiger partial charge on any atom is -0.384 e. The number of carbonyl (C=O) groups excluding carboxylic acids is 2. The first-order chi connectivity index (χ1) is 23.6. The summed E-state index contributed by atoms with van der Waals surface area (Å²) in [7, 11) is 1.83. The van der Waals surface area contributed by atoms with Gasteiger partial charge < -0.3 is 21.1 Å². The topological polar surface area (TPSA) is 168 Å². The monoisotopic (exact) mass is 656 g/mol. The number of benzene rings is 2. The van der Waals surface area contributed by atoms with Crippen molar-refractivity contribution in [2.45, 2.75) is 31.9 Å². The van der Waals surface area contributed by atoms with Crippen LogP contribution in [0, 0.1) is 11.8 Å². The largest absolute Gasteiger partial charge is 0.384 e. The predicted octanol–water partition coefficient (Wildman–Crippen LogP) is 1.97. The Labute approximate surface area is 280 Å². The third-order valence-electron chi connectivity index (χ3n) is 8.84. The molecule has 7 rings (SSSR count). The SMILES string of the molecule is CC(O)C(=O)N1CC(c2c(C#Cc3cccc4cc(C(C)NC(=O)c5c(N)[nH][n+]6cccnc56)n(-c5ccccc5)c(=O)c34)cnn2C)C1. The number of para-hydroxylation sites is 1.